The lowest BCUT2D eigenvalue weighted by molar-refractivity contribution is -0.127. The van der Waals surface area contributed by atoms with Crippen LogP contribution in [0, 0.1) is 5.92 Å². The summed E-state index contributed by atoms with van der Waals surface area (Å²) in [4.78, 5) is 24.0. The molecule has 0 aromatic carbocycles. The van der Waals surface area contributed by atoms with Crippen LogP contribution in [0.25, 0.3) is 0 Å². The van der Waals surface area contributed by atoms with Crippen LogP contribution in [0.3, 0.4) is 0 Å². The molecule has 0 saturated carbocycles. The molecule has 1 heterocycles. The Bertz CT molecular complexity index is 210. The van der Waals surface area contributed by atoms with Gasteiger partial charge in [0.05, 0.1) is 6.54 Å². The molecular formula is C9H16N2O2. The molecule has 1 saturated heterocycles. The maximum atomic E-state index is 11.3. The molecule has 3 amide bonds. The lowest BCUT2D eigenvalue weighted by atomic mass is 10.0. The van der Waals surface area contributed by atoms with Crippen molar-refractivity contribution in [2.24, 2.45) is 5.92 Å². The van der Waals surface area contributed by atoms with Crippen molar-refractivity contribution >= 4 is 11.9 Å². The molecule has 4 nitrogen and oxygen atoms in total. The van der Waals surface area contributed by atoms with Crippen LogP contribution >= 0.6 is 0 Å². The molecule has 0 aromatic rings. The average molecular weight is 184 g/mol. The van der Waals surface area contributed by atoms with Gasteiger partial charge in [0.25, 0.3) is 0 Å². The van der Waals surface area contributed by atoms with Gasteiger partial charge in [0.1, 0.15) is 0 Å². The summed E-state index contributed by atoms with van der Waals surface area (Å²) in [5.74, 6) is 0.211. The number of amides is 3. The van der Waals surface area contributed by atoms with E-state index in [0.717, 1.165) is 6.42 Å². The molecule has 1 N–H and O–H groups in total. The van der Waals surface area contributed by atoms with E-state index in [-0.39, 0.29) is 24.5 Å². The van der Waals surface area contributed by atoms with Crippen LogP contribution in [0.4, 0.5) is 4.79 Å². The summed E-state index contributed by atoms with van der Waals surface area (Å²) in [7, 11) is 0. The van der Waals surface area contributed by atoms with E-state index in [9.17, 15) is 9.59 Å². The molecule has 1 aliphatic rings. The van der Waals surface area contributed by atoms with Crippen molar-refractivity contribution in [2.45, 2.75) is 33.2 Å². The highest BCUT2D eigenvalue weighted by molar-refractivity contribution is 6.02. The molecule has 0 radical (unpaired) electrons. The number of urea groups is 1. The molecule has 74 valence electrons. The molecule has 1 unspecified atom stereocenters. The van der Waals surface area contributed by atoms with E-state index in [1.807, 2.05) is 20.8 Å². The van der Waals surface area contributed by atoms with Crippen molar-refractivity contribution in [3.05, 3.63) is 0 Å². The first-order valence-electron chi connectivity index (χ1n) is 4.67. The van der Waals surface area contributed by atoms with Crippen LogP contribution in [-0.2, 0) is 4.79 Å². The third kappa shape index (κ3) is 1.82. The molecule has 4 heteroatoms. The quantitative estimate of drug-likeness (QED) is 0.664. The van der Waals surface area contributed by atoms with Gasteiger partial charge < -0.3 is 5.32 Å². The van der Waals surface area contributed by atoms with Crippen LogP contribution < -0.4 is 5.32 Å². The first-order valence-corrected chi connectivity index (χ1v) is 4.67. The highest BCUT2D eigenvalue weighted by Gasteiger charge is 2.35. The minimum Gasteiger partial charge on any atom is -0.329 e. The summed E-state index contributed by atoms with van der Waals surface area (Å²) in [6.07, 6.45) is 0.816. The van der Waals surface area contributed by atoms with Gasteiger partial charge in [-0.2, -0.15) is 0 Å². The van der Waals surface area contributed by atoms with Crippen molar-refractivity contribution in [1.29, 1.82) is 0 Å². The Morgan fingerprint density at radius 2 is 2.08 bits per heavy atom. The van der Waals surface area contributed by atoms with E-state index < -0.39 is 0 Å². The number of imide groups is 1. The number of hydrogen-bond acceptors (Lipinski definition) is 2. The van der Waals surface area contributed by atoms with Gasteiger partial charge in [0.15, 0.2) is 0 Å². The lowest BCUT2D eigenvalue weighted by Crippen LogP contribution is -2.43. The zero-order valence-electron chi connectivity index (χ0n) is 8.33. The second-order valence-corrected chi connectivity index (χ2v) is 3.64. The Kier molecular flexibility index (Phi) is 2.90. The van der Waals surface area contributed by atoms with Crippen LogP contribution in [-0.4, -0.2) is 29.4 Å². The number of carbonyl (C=O) groups excluding carboxylic acids is 2. The fourth-order valence-electron chi connectivity index (χ4n) is 1.72. The van der Waals surface area contributed by atoms with Crippen LogP contribution in [0.2, 0.25) is 0 Å². The standard InChI is InChI=1S/C9H16N2O2/c1-4-7(6(2)3)11-8(12)5-10-9(11)13/h6-7H,4-5H2,1-3H3,(H,10,13). The monoisotopic (exact) mass is 184 g/mol. The number of carbonyl (C=O) groups is 2. The first kappa shape index (κ1) is 10.0. The molecule has 1 fully saturated rings. The molecular weight excluding hydrogens is 168 g/mol. The maximum absolute atomic E-state index is 11.3. The summed E-state index contributed by atoms with van der Waals surface area (Å²) in [5, 5.41) is 2.53. The first-order chi connectivity index (χ1) is 6.07. The largest absolute Gasteiger partial charge is 0.329 e. The van der Waals surface area contributed by atoms with Gasteiger partial charge in [-0.25, -0.2) is 4.79 Å². The molecule has 0 aromatic heterocycles. The van der Waals surface area contributed by atoms with Crippen molar-refractivity contribution in [3.63, 3.8) is 0 Å². The van der Waals surface area contributed by atoms with E-state index in [1.165, 1.54) is 4.90 Å². The van der Waals surface area contributed by atoms with E-state index in [4.69, 9.17) is 0 Å². The van der Waals surface area contributed by atoms with Gasteiger partial charge in [-0.1, -0.05) is 20.8 Å². The summed E-state index contributed by atoms with van der Waals surface area (Å²) in [5.41, 5.74) is 0. The zero-order valence-corrected chi connectivity index (χ0v) is 8.33. The van der Waals surface area contributed by atoms with Gasteiger partial charge in [-0.15, -0.1) is 0 Å². The fourth-order valence-corrected chi connectivity index (χ4v) is 1.72. The lowest BCUT2D eigenvalue weighted by Gasteiger charge is -2.27. The van der Waals surface area contributed by atoms with Crippen molar-refractivity contribution in [3.8, 4) is 0 Å². The third-order valence-electron chi connectivity index (χ3n) is 2.40. The minimum absolute atomic E-state index is 0.0370. The second-order valence-electron chi connectivity index (χ2n) is 3.64. The van der Waals surface area contributed by atoms with Crippen molar-refractivity contribution in [2.75, 3.05) is 6.54 Å². The summed E-state index contributed by atoms with van der Waals surface area (Å²) in [6, 6.07) is -0.208. The van der Waals surface area contributed by atoms with Crippen LogP contribution in [0.1, 0.15) is 27.2 Å². The Hall–Kier alpha value is -1.06. The SMILES string of the molecule is CCC(C(C)C)N1C(=O)CNC1=O. The third-order valence-corrected chi connectivity index (χ3v) is 2.40. The Labute approximate surface area is 78.3 Å². The predicted octanol–water partition coefficient (Wildman–Crippen LogP) is 0.973. The molecule has 0 spiro atoms. The molecule has 1 aliphatic heterocycles. The van der Waals surface area contributed by atoms with Gasteiger partial charge in [0, 0.05) is 6.04 Å². The second kappa shape index (κ2) is 3.77. The summed E-state index contributed by atoms with van der Waals surface area (Å²) in [6.45, 7) is 6.19. The molecule has 0 bridgehead atoms. The highest BCUT2D eigenvalue weighted by Crippen LogP contribution is 2.16. The van der Waals surface area contributed by atoms with Gasteiger partial charge in [-0.05, 0) is 12.3 Å². The number of nitrogens with zero attached hydrogens (tertiary/aromatic N) is 1. The van der Waals surface area contributed by atoms with Crippen LogP contribution in [0.5, 0.6) is 0 Å². The zero-order chi connectivity index (χ0) is 10.0. The predicted molar refractivity (Wildman–Crippen MR) is 49.2 cm³/mol. The van der Waals surface area contributed by atoms with E-state index in [1.54, 1.807) is 0 Å². The van der Waals surface area contributed by atoms with E-state index in [2.05, 4.69) is 5.32 Å². The Balaban J connectivity index is 2.77. The normalized spacial score (nSPS) is 19.5. The van der Waals surface area contributed by atoms with E-state index >= 15 is 0 Å². The fraction of sp³-hybridized carbons (Fsp3) is 0.778. The van der Waals surface area contributed by atoms with Crippen molar-refractivity contribution in [1.82, 2.24) is 10.2 Å². The summed E-state index contributed by atoms with van der Waals surface area (Å²) < 4.78 is 0. The van der Waals surface area contributed by atoms with Gasteiger partial charge >= 0.3 is 6.03 Å². The molecule has 1 atom stereocenters. The highest BCUT2D eigenvalue weighted by atomic mass is 16.2. The number of nitrogens with one attached hydrogen (secondary N) is 1. The van der Waals surface area contributed by atoms with Crippen molar-refractivity contribution < 1.29 is 9.59 Å². The molecule has 13 heavy (non-hydrogen) atoms. The number of hydrogen-bond donors (Lipinski definition) is 1. The maximum Gasteiger partial charge on any atom is 0.324 e. The molecule has 1 rings (SSSR count). The Morgan fingerprint density at radius 3 is 2.38 bits per heavy atom. The van der Waals surface area contributed by atoms with E-state index in [0.29, 0.717) is 5.92 Å². The smallest absolute Gasteiger partial charge is 0.324 e. The topological polar surface area (TPSA) is 49.4 Å². The Morgan fingerprint density at radius 1 is 1.46 bits per heavy atom. The molecule has 0 aliphatic carbocycles. The average Bonchev–Trinajstić information content (AvgIpc) is 2.36. The minimum atomic E-state index is -0.245. The van der Waals surface area contributed by atoms with Gasteiger partial charge in [0.2, 0.25) is 5.91 Å². The summed E-state index contributed by atoms with van der Waals surface area (Å²) >= 11 is 0. The number of rotatable bonds is 3. The van der Waals surface area contributed by atoms with Gasteiger partial charge in [-0.3, -0.25) is 9.69 Å². The van der Waals surface area contributed by atoms with Crippen LogP contribution in [0.15, 0.2) is 0 Å².